The van der Waals surface area contributed by atoms with Gasteiger partial charge < -0.3 is 9.64 Å². The van der Waals surface area contributed by atoms with E-state index < -0.39 is 0 Å². The fourth-order valence-corrected chi connectivity index (χ4v) is 3.54. The largest absolute Gasteiger partial charge is 0.375 e. The zero-order chi connectivity index (χ0) is 16.8. The van der Waals surface area contributed by atoms with E-state index in [2.05, 4.69) is 12.0 Å². The highest BCUT2D eigenvalue weighted by Gasteiger charge is 2.31. The van der Waals surface area contributed by atoms with E-state index in [0.717, 1.165) is 34.4 Å². The molecule has 6 nitrogen and oxygen atoms in total. The monoisotopic (exact) mass is 328 g/mol. The summed E-state index contributed by atoms with van der Waals surface area (Å²) in [6.45, 7) is 5.97. The summed E-state index contributed by atoms with van der Waals surface area (Å²) in [6.07, 6.45) is 3.39. The second-order valence-electron chi connectivity index (χ2n) is 6.93. The molecule has 3 heterocycles. The topological polar surface area (TPSA) is 60.2 Å². The van der Waals surface area contributed by atoms with Gasteiger partial charge >= 0.3 is 0 Å². The van der Waals surface area contributed by atoms with Crippen molar-refractivity contribution in [2.45, 2.75) is 45.1 Å². The smallest absolute Gasteiger partial charge is 0.254 e. The molecule has 0 aromatic carbocycles. The predicted octanol–water partition coefficient (Wildman–Crippen LogP) is 2.41. The molecular weight excluding hydrogens is 304 g/mol. The van der Waals surface area contributed by atoms with E-state index in [0.29, 0.717) is 25.6 Å². The number of morpholine rings is 1. The number of fused-ring (bicyclic) bond motifs is 1. The van der Waals surface area contributed by atoms with Crippen molar-refractivity contribution in [1.82, 2.24) is 19.7 Å². The average molecular weight is 328 g/mol. The van der Waals surface area contributed by atoms with Gasteiger partial charge in [0.15, 0.2) is 5.65 Å². The molecule has 1 saturated carbocycles. The van der Waals surface area contributed by atoms with E-state index in [9.17, 15) is 4.79 Å². The number of nitrogens with zero attached hydrogens (tertiary/aromatic N) is 4. The number of carbonyl (C=O) groups is 1. The van der Waals surface area contributed by atoms with Crippen molar-refractivity contribution < 1.29 is 9.53 Å². The van der Waals surface area contributed by atoms with Crippen molar-refractivity contribution in [3.8, 4) is 0 Å². The van der Waals surface area contributed by atoms with Gasteiger partial charge in [-0.2, -0.15) is 5.10 Å². The van der Waals surface area contributed by atoms with Crippen LogP contribution in [-0.4, -0.2) is 51.4 Å². The van der Waals surface area contributed by atoms with Crippen molar-refractivity contribution in [3.63, 3.8) is 0 Å². The van der Waals surface area contributed by atoms with Crippen LogP contribution in [0, 0.1) is 6.92 Å². The highest BCUT2D eigenvalue weighted by atomic mass is 16.5. The molecule has 0 bridgehead atoms. The Morgan fingerprint density at radius 3 is 2.92 bits per heavy atom. The van der Waals surface area contributed by atoms with Gasteiger partial charge in [0.1, 0.15) is 0 Å². The maximum atomic E-state index is 13.2. The zero-order valence-corrected chi connectivity index (χ0v) is 14.6. The molecule has 1 aliphatic heterocycles. The molecule has 1 aliphatic carbocycles. The number of rotatable bonds is 3. The molecule has 6 heteroatoms. The molecule has 1 unspecified atom stereocenters. The van der Waals surface area contributed by atoms with Crippen LogP contribution in [0.3, 0.4) is 0 Å². The normalized spacial score (nSPS) is 21.5. The van der Waals surface area contributed by atoms with Crippen LogP contribution >= 0.6 is 0 Å². The predicted molar refractivity (Wildman–Crippen MR) is 91.2 cm³/mol. The van der Waals surface area contributed by atoms with Gasteiger partial charge in [-0.05, 0) is 32.3 Å². The summed E-state index contributed by atoms with van der Waals surface area (Å²) in [5, 5.41) is 5.38. The van der Waals surface area contributed by atoms with Crippen LogP contribution in [0.15, 0.2) is 6.07 Å². The summed E-state index contributed by atoms with van der Waals surface area (Å²) in [5.74, 6) is 0.589. The maximum absolute atomic E-state index is 13.2. The number of hydrogen-bond acceptors (Lipinski definition) is 4. The molecule has 2 aliphatic rings. The Morgan fingerprint density at radius 1 is 1.42 bits per heavy atom. The Bertz CT molecular complexity index is 794. The van der Waals surface area contributed by atoms with Gasteiger partial charge in [-0.15, -0.1) is 0 Å². The summed E-state index contributed by atoms with van der Waals surface area (Å²) in [5.41, 5.74) is 3.48. The van der Waals surface area contributed by atoms with Crippen LogP contribution < -0.4 is 0 Å². The minimum Gasteiger partial charge on any atom is -0.375 e. The Labute approximate surface area is 141 Å². The number of aryl methyl sites for hydroxylation is 2. The molecule has 2 aromatic heterocycles. The van der Waals surface area contributed by atoms with Crippen LogP contribution in [-0.2, 0) is 11.8 Å². The van der Waals surface area contributed by atoms with E-state index >= 15 is 0 Å². The highest BCUT2D eigenvalue weighted by molar-refractivity contribution is 6.06. The van der Waals surface area contributed by atoms with E-state index in [1.807, 2.05) is 24.9 Å². The summed E-state index contributed by atoms with van der Waals surface area (Å²) < 4.78 is 7.50. The van der Waals surface area contributed by atoms with Gasteiger partial charge in [-0.1, -0.05) is 6.92 Å². The van der Waals surface area contributed by atoms with Crippen LogP contribution in [0.5, 0.6) is 0 Å². The van der Waals surface area contributed by atoms with E-state index in [1.165, 1.54) is 12.8 Å². The van der Waals surface area contributed by atoms with E-state index in [4.69, 9.17) is 9.72 Å². The molecule has 2 fully saturated rings. The second kappa shape index (κ2) is 5.84. The molecule has 0 spiro atoms. The molecule has 0 radical (unpaired) electrons. The fourth-order valence-electron chi connectivity index (χ4n) is 3.54. The minimum atomic E-state index is 0.0853. The minimum absolute atomic E-state index is 0.0853. The van der Waals surface area contributed by atoms with Crippen molar-refractivity contribution >= 4 is 16.9 Å². The summed E-state index contributed by atoms with van der Waals surface area (Å²) in [4.78, 5) is 19.9. The van der Waals surface area contributed by atoms with Gasteiger partial charge in [0.25, 0.3) is 5.91 Å². The fraction of sp³-hybridized carbons (Fsp3) is 0.611. The Kier molecular flexibility index (Phi) is 3.79. The van der Waals surface area contributed by atoms with Crippen molar-refractivity contribution in [2.75, 3.05) is 19.7 Å². The summed E-state index contributed by atoms with van der Waals surface area (Å²) >= 11 is 0. The molecule has 24 heavy (non-hydrogen) atoms. The third-order valence-electron chi connectivity index (χ3n) is 5.10. The standard InChI is InChI=1S/C18H24N4O2/c1-4-13-10-22(7-8-24-13)18(23)14-9-15(12-5-6-12)19-17-16(14)11(2)20-21(17)3/h9,12-13H,4-8,10H2,1-3H3. The van der Waals surface area contributed by atoms with Crippen LogP contribution in [0.2, 0.25) is 0 Å². The van der Waals surface area contributed by atoms with Gasteiger partial charge in [0.2, 0.25) is 0 Å². The van der Waals surface area contributed by atoms with Gasteiger partial charge in [0, 0.05) is 31.7 Å². The average Bonchev–Trinajstić information content (AvgIpc) is 3.41. The first-order chi connectivity index (χ1) is 11.6. The Hall–Kier alpha value is -1.95. The first kappa shape index (κ1) is 15.6. The third-order valence-corrected chi connectivity index (χ3v) is 5.10. The number of hydrogen-bond donors (Lipinski definition) is 0. The lowest BCUT2D eigenvalue weighted by molar-refractivity contribution is -0.0225. The van der Waals surface area contributed by atoms with E-state index in [1.54, 1.807) is 4.68 Å². The summed E-state index contributed by atoms with van der Waals surface area (Å²) in [7, 11) is 1.90. The van der Waals surface area contributed by atoms with Crippen molar-refractivity contribution in [2.24, 2.45) is 7.05 Å². The van der Waals surface area contributed by atoms with Crippen LogP contribution in [0.4, 0.5) is 0 Å². The second-order valence-corrected chi connectivity index (χ2v) is 6.93. The Balaban J connectivity index is 1.78. The van der Waals surface area contributed by atoms with Crippen molar-refractivity contribution in [3.05, 3.63) is 23.0 Å². The number of aromatic nitrogens is 3. The first-order valence-electron chi connectivity index (χ1n) is 8.83. The first-order valence-corrected chi connectivity index (χ1v) is 8.83. The molecule has 0 N–H and O–H groups in total. The number of ether oxygens (including phenoxy) is 1. The SMILES string of the molecule is CCC1CN(C(=O)c2cc(C3CC3)nc3c2c(C)nn3C)CCO1. The zero-order valence-electron chi connectivity index (χ0n) is 14.6. The van der Waals surface area contributed by atoms with Crippen LogP contribution in [0.25, 0.3) is 11.0 Å². The molecule has 128 valence electrons. The lowest BCUT2D eigenvalue weighted by Crippen LogP contribution is -2.45. The molecule has 2 aromatic rings. The molecule has 4 rings (SSSR count). The lowest BCUT2D eigenvalue weighted by atomic mass is 10.1. The van der Waals surface area contributed by atoms with Crippen molar-refractivity contribution in [1.29, 1.82) is 0 Å². The number of carbonyl (C=O) groups excluding carboxylic acids is 1. The maximum Gasteiger partial charge on any atom is 0.254 e. The van der Waals surface area contributed by atoms with E-state index in [-0.39, 0.29) is 12.0 Å². The quantitative estimate of drug-likeness (QED) is 0.868. The van der Waals surface area contributed by atoms with Gasteiger partial charge in [-0.3, -0.25) is 9.48 Å². The van der Waals surface area contributed by atoms with Crippen LogP contribution in [0.1, 0.15) is 53.8 Å². The highest BCUT2D eigenvalue weighted by Crippen LogP contribution is 2.40. The van der Waals surface area contributed by atoms with Gasteiger partial charge in [-0.25, -0.2) is 4.98 Å². The number of amides is 1. The number of pyridine rings is 1. The Morgan fingerprint density at radius 2 is 2.21 bits per heavy atom. The summed E-state index contributed by atoms with van der Waals surface area (Å²) in [6, 6.07) is 2.01. The molecule has 1 amide bonds. The lowest BCUT2D eigenvalue weighted by Gasteiger charge is -2.32. The molecular formula is C18H24N4O2. The third kappa shape index (κ3) is 2.59. The van der Waals surface area contributed by atoms with Gasteiger partial charge in [0.05, 0.1) is 29.4 Å². The molecule has 1 atom stereocenters. The molecule has 1 saturated heterocycles.